The molecule has 0 aliphatic heterocycles. The maximum atomic E-state index is 12.1. The third kappa shape index (κ3) is 4.08. The van der Waals surface area contributed by atoms with Crippen LogP contribution in [-0.2, 0) is 10.0 Å². The summed E-state index contributed by atoms with van der Waals surface area (Å²) in [7, 11) is -3.53. The van der Waals surface area contributed by atoms with Crippen molar-refractivity contribution in [3.8, 4) is 0 Å². The van der Waals surface area contributed by atoms with Crippen LogP contribution in [0.5, 0.6) is 0 Å². The Labute approximate surface area is 109 Å². The predicted molar refractivity (Wildman–Crippen MR) is 72.0 cm³/mol. The van der Waals surface area contributed by atoms with Gasteiger partial charge in [0, 0.05) is 6.54 Å². The van der Waals surface area contributed by atoms with Crippen LogP contribution in [-0.4, -0.2) is 26.2 Å². The summed E-state index contributed by atoms with van der Waals surface area (Å²) in [6.45, 7) is 5.69. The average Bonchev–Trinajstić information content (AvgIpc) is 2.26. The van der Waals surface area contributed by atoms with E-state index in [1.54, 1.807) is 19.1 Å². The van der Waals surface area contributed by atoms with Gasteiger partial charge in [-0.25, -0.2) is 13.1 Å². The van der Waals surface area contributed by atoms with Crippen LogP contribution in [0.2, 0.25) is 0 Å². The van der Waals surface area contributed by atoms with Crippen molar-refractivity contribution in [3.63, 3.8) is 0 Å². The van der Waals surface area contributed by atoms with Crippen LogP contribution in [0.1, 0.15) is 30.9 Å². The summed E-state index contributed by atoms with van der Waals surface area (Å²) in [5.74, 6) is 0. The Hall–Kier alpha value is -0.910. The zero-order chi connectivity index (χ0) is 13.8. The molecule has 0 heterocycles. The van der Waals surface area contributed by atoms with E-state index in [1.807, 2.05) is 19.9 Å². The zero-order valence-corrected chi connectivity index (χ0v) is 11.9. The molecule has 0 aromatic heterocycles. The van der Waals surface area contributed by atoms with Crippen LogP contribution < -0.4 is 4.72 Å². The van der Waals surface area contributed by atoms with E-state index in [0.717, 1.165) is 12.0 Å². The van der Waals surface area contributed by atoms with Crippen molar-refractivity contribution < 1.29 is 13.5 Å². The SMILES string of the molecule is CCCC(O)CNS(=O)(=O)c1ccc(C)cc1C. The Balaban J connectivity index is 2.80. The monoisotopic (exact) mass is 271 g/mol. The van der Waals surface area contributed by atoms with Crippen LogP contribution in [0.3, 0.4) is 0 Å². The highest BCUT2D eigenvalue weighted by Crippen LogP contribution is 2.16. The van der Waals surface area contributed by atoms with E-state index in [4.69, 9.17) is 0 Å². The van der Waals surface area contributed by atoms with Gasteiger partial charge in [-0.15, -0.1) is 0 Å². The Morgan fingerprint density at radius 2 is 2.00 bits per heavy atom. The third-order valence-electron chi connectivity index (χ3n) is 2.75. The van der Waals surface area contributed by atoms with Gasteiger partial charge in [0.15, 0.2) is 0 Å². The first-order valence-electron chi connectivity index (χ1n) is 6.11. The number of nitrogens with one attached hydrogen (secondary N) is 1. The van der Waals surface area contributed by atoms with Crippen molar-refractivity contribution in [3.05, 3.63) is 29.3 Å². The summed E-state index contributed by atoms with van der Waals surface area (Å²) >= 11 is 0. The van der Waals surface area contributed by atoms with Crippen LogP contribution in [0.25, 0.3) is 0 Å². The molecule has 4 nitrogen and oxygen atoms in total. The van der Waals surface area contributed by atoms with E-state index in [9.17, 15) is 13.5 Å². The van der Waals surface area contributed by atoms with Crippen LogP contribution in [0.4, 0.5) is 0 Å². The molecule has 0 spiro atoms. The first kappa shape index (κ1) is 15.1. The summed E-state index contributed by atoms with van der Waals surface area (Å²) in [6, 6.07) is 5.19. The molecule has 1 atom stereocenters. The third-order valence-corrected chi connectivity index (χ3v) is 4.33. The number of sulfonamides is 1. The normalized spacial score (nSPS) is 13.6. The highest BCUT2D eigenvalue weighted by molar-refractivity contribution is 7.89. The van der Waals surface area contributed by atoms with Gasteiger partial charge < -0.3 is 5.11 Å². The largest absolute Gasteiger partial charge is 0.392 e. The van der Waals surface area contributed by atoms with Gasteiger partial charge in [-0.1, -0.05) is 31.0 Å². The van der Waals surface area contributed by atoms with Crippen molar-refractivity contribution in [2.75, 3.05) is 6.54 Å². The molecule has 5 heteroatoms. The first-order valence-corrected chi connectivity index (χ1v) is 7.60. The van der Waals surface area contributed by atoms with E-state index >= 15 is 0 Å². The molecular formula is C13H21NO3S. The minimum absolute atomic E-state index is 0.0590. The molecule has 0 saturated heterocycles. The topological polar surface area (TPSA) is 66.4 Å². The maximum Gasteiger partial charge on any atom is 0.240 e. The summed E-state index contributed by atoms with van der Waals surface area (Å²) in [5.41, 5.74) is 1.74. The molecule has 0 radical (unpaired) electrons. The molecule has 0 aliphatic rings. The molecule has 2 N–H and O–H groups in total. The highest BCUT2D eigenvalue weighted by Gasteiger charge is 2.17. The predicted octanol–water partition coefficient (Wildman–Crippen LogP) is 1.74. The van der Waals surface area contributed by atoms with Gasteiger partial charge in [0.25, 0.3) is 0 Å². The summed E-state index contributed by atoms with van der Waals surface area (Å²) in [6.07, 6.45) is 0.789. The summed E-state index contributed by atoms with van der Waals surface area (Å²) in [5, 5.41) is 9.55. The van der Waals surface area contributed by atoms with Crippen molar-refractivity contribution in [2.45, 2.75) is 44.6 Å². The number of hydrogen-bond acceptors (Lipinski definition) is 3. The van der Waals surface area contributed by atoms with Crippen LogP contribution in [0.15, 0.2) is 23.1 Å². The lowest BCUT2D eigenvalue weighted by molar-refractivity contribution is 0.167. The van der Waals surface area contributed by atoms with Gasteiger partial charge in [-0.05, 0) is 31.9 Å². The van der Waals surface area contributed by atoms with Gasteiger partial charge in [0.2, 0.25) is 10.0 Å². The Morgan fingerprint density at radius 1 is 1.33 bits per heavy atom. The fourth-order valence-electron chi connectivity index (χ4n) is 1.82. The number of benzene rings is 1. The van der Waals surface area contributed by atoms with Crippen molar-refractivity contribution in [2.24, 2.45) is 0 Å². The van der Waals surface area contributed by atoms with Crippen LogP contribution in [0, 0.1) is 13.8 Å². The zero-order valence-electron chi connectivity index (χ0n) is 11.1. The molecule has 0 aliphatic carbocycles. The lowest BCUT2D eigenvalue weighted by Crippen LogP contribution is -2.32. The fourth-order valence-corrected chi connectivity index (χ4v) is 3.12. The Kier molecular flexibility index (Phi) is 5.31. The van der Waals surface area contributed by atoms with E-state index in [0.29, 0.717) is 12.0 Å². The minimum atomic E-state index is -3.53. The number of hydrogen-bond donors (Lipinski definition) is 2. The number of aliphatic hydroxyl groups is 1. The average molecular weight is 271 g/mol. The molecule has 0 amide bonds. The van der Waals surface area contributed by atoms with Crippen molar-refractivity contribution in [1.29, 1.82) is 0 Å². The van der Waals surface area contributed by atoms with Gasteiger partial charge >= 0.3 is 0 Å². The molecule has 0 saturated carbocycles. The van der Waals surface area contributed by atoms with E-state index in [-0.39, 0.29) is 11.4 Å². The molecule has 1 unspecified atom stereocenters. The fraction of sp³-hybridized carbons (Fsp3) is 0.538. The molecule has 1 aromatic carbocycles. The second kappa shape index (κ2) is 6.31. The van der Waals surface area contributed by atoms with Gasteiger partial charge in [0.1, 0.15) is 0 Å². The molecular weight excluding hydrogens is 250 g/mol. The Bertz CT molecular complexity index is 497. The highest BCUT2D eigenvalue weighted by atomic mass is 32.2. The number of rotatable bonds is 6. The summed E-state index contributed by atoms with van der Waals surface area (Å²) in [4.78, 5) is 0.275. The second-order valence-corrected chi connectivity index (χ2v) is 6.30. The molecule has 1 rings (SSSR count). The van der Waals surface area contributed by atoms with Crippen molar-refractivity contribution >= 4 is 10.0 Å². The second-order valence-electron chi connectivity index (χ2n) is 4.56. The quantitative estimate of drug-likeness (QED) is 0.828. The van der Waals surface area contributed by atoms with E-state index < -0.39 is 16.1 Å². The standard InChI is InChI=1S/C13H21NO3S/c1-4-5-12(15)9-14-18(16,17)13-7-6-10(2)8-11(13)3/h6-8,12,14-15H,4-5,9H2,1-3H3. The first-order chi connectivity index (χ1) is 8.36. The lowest BCUT2D eigenvalue weighted by atomic mass is 10.2. The van der Waals surface area contributed by atoms with Gasteiger partial charge in [-0.3, -0.25) is 0 Å². The molecule has 1 aromatic rings. The Morgan fingerprint density at radius 3 is 2.56 bits per heavy atom. The maximum absolute atomic E-state index is 12.1. The summed E-state index contributed by atoms with van der Waals surface area (Å²) < 4.78 is 26.5. The molecule has 0 fully saturated rings. The molecule has 102 valence electrons. The number of aryl methyl sites for hydroxylation is 2. The van der Waals surface area contributed by atoms with Crippen molar-refractivity contribution in [1.82, 2.24) is 4.72 Å². The van der Waals surface area contributed by atoms with E-state index in [1.165, 1.54) is 0 Å². The molecule has 0 bridgehead atoms. The van der Waals surface area contributed by atoms with Crippen LogP contribution >= 0.6 is 0 Å². The van der Waals surface area contributed by atoms with Gasteiger partial charge in [0.05, 0.1) is 11.0 Å². The minimum Gasteiger partial charge on any atom is -0.392 e. The van der Waals surface area contributed by atoms with Gasteiger partial charge in [-0.2, -0.15) is 0 Å². The smallest absolute Gasteiger partial charge is 0.240 e. The lowest BCUT2D eigenvalue weighted by Gasteiger charge is -2.13. The van der Waals surface area contributed by atoms with E-state index in [2.05, 4.69) is 4.72 Å². The molecule has 18 heavy (non-hydrogen) atoms. The number of aliphatic hydroxyl groups excluding tert-OH is 1.